The van der Waals surface area contributed by atoms with Gasteiger partial charge >= 0.3 is 0 Å². The molecule has 10 heteroatoms. The first kappa shape index (κ1) is 32.4. The zero-order chi connectivity index (χ0) is 32.2. The first-order valence-electron chi connectivity index (χ1n) is 16.0. The summed E-state index contributed by atoms with van der Waals surface area (Å²) in [6, 6.07) is 15.4. The highest BCUT2D eigenvalue weighted by Gasteiger charge is 2.54. The Morgan fingerprint density at radius 1 is 1.04 bits per heavy atom. The highest BCUT2D eigenvalue weighted by atomic mass is 35.5. The van der Waals surface area contributed by atoms with Crippen LogP contribution in [0.1, 0.15) is 70.5 Å². The number of hydrogen-bond acceptors (Lipinski definition) is 6. The van der Waals surface area contributed by atoms with Gasteiger partial charge in [-0.05, 0) is 99.3 Å². The summed E-state index contributed by atoms with van der Waals surface area (Å²) in [4.78, 5) is 43.2. The van der Waals surface area contributed by atoms with Crippen molar-refractivity contribution < 1.29 is 9.59 Å². The Hall–Kier alpha value is -2.52. The average molecular weight is 669 g/mol. The van der Waals surface area contributed by atoms with Crippen LogP contribution < -0.4 is 0 Å². The molecule has 4 aliphatic rings. The minimum atomic E-state index is -0.634. The molecule has 0 aromatic heterocycles. The number of benzene rings is 2. The van der Waals surface area contributed by atoms with Gasteiger partial charge in [-0.25, -0.2) is 4.99 Å². The maximum Gasteiger partial charge on any atom is 0.263 e. The summed E-state index contributed by atoms with van der Waals surface area (Å²) in [6.45, 7) is 10.4. The molecule has 0 radical (unpaired) electrons. The van der Waals surface area contributed by atoms with Crippen LogP contribution in [0, 0.1) is 5.92 Å². The summed E-state index contributed by atoms with van der Waals surface area (Å²) in [5, 5.41) is 2.15. The summed E-state index contributed by atoms with van der Waals surface area (Å²) < 4.78 is 0. The molecule has 240 valence electrons. The minimum absolute atomic E-state index is 0.0244. The van der Waals surface area contributed by atoms with Crippen LogP contribution in [0.3, 0.4) is 0 Å². The van der Waals surface area contributed by atoms with Crippen molar-refractivity contribution in [3.8, 4) is 0 Å². The molecule has 4 aliphatic heterocycles. The van der Waals surface area contributed by atoms with Crippen molar-refractivity contribution in [3.63, 3.8) is 0 Å². The second-order valence-corrected chi connectivity index (χ2v) is 15.2. The van der Waals surface area contributed by atoms with Gasteiger partial charge < -0.3 is 19.6 Å². The van der Waals surface area contributed by atoms with Crippen LogP contribution in [0.4, 0.5) is 0 Å². The summed E-state index contributed by atoms with van der Waals surface area (Å²) >= 11 is 14.1. The third-order valence-electron chi connectivity index (χ3n) is 10.1. The molecule has 45 heavy (non-hydrogen) atoms. The number of carbonyl (C=O) groups is 2. The Balaban J connectivity index is 1.39. The SMILES string of the molecule is CC[C@@H]1CC[C@@H](C(=O)N(C)[C@H]2CCN(C)C2)N1C(=O)C1=C(C(C)C)N2C(=N[C@@](C)(c3ccc(Cl)cc3)[C@H]2c2ccc(Cl)cc2)S1. The van der Waals surface area contributed by atoms with E-state index < -0.39 is 11.6 Å². The second-order valence-electron chi connectivity index (χ2n) is 13.4. The lowest BCUT2D eigenvalue weighted by atomic mass is 9.81. The van der Waals surface area contributed by atoms with E-state index in [4.69, 9.17) is 28.2 Å². The molecule has 2 aromatic carbocycles. The maximum atomic E-state index is 14.8. The van der Waals surface area contributed by atoms with Crippen molar-refractivity contribution in [1.29, 1.82) is 0 Å². The molecule has 5 atom stereocenters. The van der Waals surface area contributed by atoms with Crippen molar-refractivity contribution >= 4 is 51.9 Å². The minimum Gasteiger partial charge on any atom is -0.340 e. The van der Waals surface area contributed by atoms with Crippen LogP contribution in [0.25, 0.3) is 0 Å². The van der Waals surface area contributed by atoms with Crippen LogP contribution in [0.5, 0.6) is 0 Å². The van der Waals surface area contributed by atoms with E-state index >= 15 is 0 Å². The monoisotopic (exact) mass is 667 g/mol. The normalized spacial score (nSPS) is 28.3. The molecule has 0 N–H and O–H groups in total. The Kier molecular flexibility index (Phi) is 9.07. The van der Waals surface area contributed by atoms with Gasteiger partial charge in [0.15, 0.2) is 5.17 Å². The van der Waals surface area contributed by atoms with E-state index in [1.54, 1.807) is 0 Å². The summed E-state index contributed by atoms with van der Waals surface area (Å²) in [5.74, 6) is 0.0463. The van der Waals surface area contributed by atoms with Gasteiger partial charge in [0, 0.05) is 41.4 Å². The third-order valence-corrected chi connectivity index (χ3v) is 11.7. The van der Waals surface area contributed by atoms with Gasteiger partial charge in [0.25, 0.3) is 5.91 Å². The molecule has 7 nitrogen and oxygen atoms in total. The number of nitrogens with zero attached hydrogens (tertiary/aromatic N) is 5. The number of likely N-dealkylation sites (N-methyl/N-ethyl adjacent to an activating group) is 2. The van der Waals surface area contributed by atoms with E-state index in [1.807, 2.05) is 53.2 Å². The summed E-state index contributed by atoms with van der Waals surface area (Å²) in [6.07, 6.45) is 3.30. The highest BCUT2D eigenvalue weighted by molar-refractivity contribution is 8.18. The van der Waals surface area contributed by atoms with Gasteiger partial charge in [-0.15, -0.1) is 0 Å². The topological polar surface area (TPSA) is 59.5 Å². The molecule has 2 fully saturated rings. The molecule has 4 heterocycles. The average Bonchev–Trinajstić information content (AvgIpc) is 3.78. The van der Waals surface area contributed by atoms with E-state index in [0.29, 0.717) is 21.4 Å². The Labute approximate surface area is 281 Å². The number of allylic oxidation sites excluding steroid dienone is 1. The zero-order valence-electron chi connectivity index (χ0n) is 27.0. The predicted octanol–water partition coefficient (Wildman–Crippen LogP) is 7.17. The molecule has 0 aliphatic carbocycles. The number of rotatable bonds is 7. The standard InChI is InChI=1S/C35H43Cl2N5O2S/c1-7-26-16-17-28(32(43)40(6)27-18-19-39(5)20-27)41(26)33(44)30-29(21(2)3)42-31(22-8-12-24(36)13-9-22)35(4,38-34(42)45-30)23-10-14-25(37)15-11-23/h8-15,21,26-28,31H,7,16-20H2,1-6H3/t26-,27+,28+,31-,35+/m1/s1. The number of carbonyl (C=O) groups excluding carboxylic acids is 2. The van der Waals surface area contributed by atoms with Gasteiger partial charge in [0.05, 0.1) is 6.04 Å². The van der Waals surface area contributed by atoms with Crippen molar-refractivity contribution in [2.75, 3.05) is 27.2 Å². The zero-order valence-corrected chi connectivity index (χ0v) is 29.3. The Morgan fingerprint density at radius 3 is 2.27 bits per heavy atom. The first-order valence-corrected chi connectivity index (χ1v) is 17.6. The van der Waals surface area contributed by atoms with E-state index in [0.717, 1.165) is 54.3 Å². The maximum absolute atomic E-state index is 14.8. The van der Waals surface area contributed by atoms with E-state index in [9.17, 15) is 9.59 Å². The molecular formula is C35H43Cl2N5O2S. The van der Waals surface area contributed by atoms with Gasteiger partial charge in [-0.1, -0.05) is 68.2 Å². The van der Waals surface area contributed by atoms with Crippen LogP contribution in [-0.2, 0) is 15.1 Å². The van der Waals surface area contributed by atoms with Crippen LogP contribution in [0.2, 0.25) is 10.0 Å². The van der Waals surface area contributed by atoms with Gasteiger partial charge in [-0.3, -0.25) is 9.59 Å². The summed E-state index contributed by atoms with van der Waals surface area (Å²) in [5.41, 5.74) is 2.43. The second kappa shape index (κ2) is 12.6. The molecule has 2 saturated heterocycles. The highest BCUT2D eigenvalue weighted by Crippen LogP contribution is 2.56. The smallest absolute Gasteiger partial charge is 0.263 e. The van der Waals surface area contributed by atoms with Crippen molar-refractivity contribution in [2.24, 2.45) is 10.9 Å². The largest absolute Gasteiger partial charge is 0.340 e. The van der Waals surface area contributed by atoms with Gasteiger partial charge in [-0.2, -0.15) is 0 Å². The van der Waals surface area contributed by atoms with Crippen molar-refractivity contribution in [3.05, 3.63) is 80.3 Å². The molecular weight excluding hydrogens is 625 g/mol. The molecule has 0 unspecified atom stereocenters. The number of thioether (sulfide) groups is 1. The number of amides is 2. The number of aliphatic imine (C=N–C) groups is 1. The fraction of sp³-hybridized carbons (Fsp3) is 0.514. The molecule has 6 rings (SSSR count). The molecule has 2 amide bonds. The lowest BCUT2D eigenvalue weighted by Gasteiger charge is -2.37. The van der Waals surface area contributed by atoms with Crippen molar-refractivity contribution in [1.82, 2.24) is 19.6 Å². The van der Waals surface area contributed by atoms with Crippen LogP contribution >= 0.6 is 35.0 Å². The fourth-order valence-corrected chi connectivity index (χ4v) is 9.26. The van der Waals surface area contributed by atoms with Gasteiger partial charge in [0.1, 0.15) is 16.5 Å². The molecule has 0 saturated carbocycles. The molecule has 2 aromatic rings. The van der Waals surface area contributed by atoms with Gasteiger partial charge in [0.2, 0.25) is 5.91 Å². The molecule has 0 spiro atoms. The Bertz CT molecular complexity index is 1530. The van der Waals surface area contributed by atoms with Crippen LogP contribution in [-0.4, -0.2) is 81.9 Å². The lowest BCUT2D eigenvalue weighted by molar-refractivity contribution is -0.143. The predicted molar refractivity (Wildman–Crippen MR) is 184 cm³/mol. The number of halogens is 2. The van der Waals surface area contributed by atoms with Crippen molar-refractivity contribution in [2.45, 2.75) is 83.1 Å². The number of fused-ring (bicyclic) bond motifs is 1. The Morgan fingerprint density at radius 2 is 1.69 bits per heavy atom. The number of likely N-dealkylation sites (tertiary alicyclic amines) is 2. The van der Waals surface area contributed by atoms with Crippen LogP contribution in [0.15, 0.2) is 64.1 Å². The lowest BCUT2D eigenvalue weighted by Crippen LogP contribution is -2.52. The number of amidine groups is 1. The third kappa shape index (κ3) is 5.70. The van der Waals surface area contributed by atoms with E-state index in [2.05, 4.69) is 56.7 Å². The molecule has 0 bridgehead atoms. The summed E-state index contributed by atoms with van der Waals surface area (Å²) in [7, 11) is 4.01. The van der Waals surface area contributed by atoms with E-state index in [1.165, 1.54) is 11.8 Å². The van der Waals surface area contributed by atoms with E-state index in [-0.39, 0.29) is 35.9 Å². The quantitative estimate of drug-likeness (QED) is 0.313. The first-order chi connectivity index (χ1) is 21.4. The fourth-order valence-electron chi connectivity index (χ4n) is 7.66. The number of hydrogen-bond donors (Lipinski definition) is 0.